The molecule has 72 valence electrons. The second-order valence-electron chi connectivity index (χ2n) is 3.34. The van der Waals surface area contributed by atoms with E-state index in [0.717, 1.165) is 23.0 Å². The molecule has 0 saturated carbocycles. The van der Waals surface area contributed by atoms with Crippen molar-refractivity contribution in [3.63, 3.8) is 0 Å². The predicted octanol–water partition coefficient (Wildman–Crippen LogP) is 2.29. The van der Waals surface area contributed by atoms with Gasteiger partial charge in [-0.25, -0.2) is 0 Å². The number of rotatable bonds is 2. The lowest BCUT2D eigenvalue weighted by molar-refractivity contribution is 0.277. The third kappa shape index (κ3) is 1.61. The van der Waals surface area contributed by atoms with Crippen molar-refractivity contribution in [2.45, 2.75) is 20.0 Å². The Labute approximate surface area is 83.2 Å². The van der Waals surface area contributed by atoms with Crippen molar-refractivity contribution in [3.05, 3.63) is 41.6 Å². The molecule has 0 amide bonds. The highest BCUT2D eigenvalue weighted by atomic mass is 16.3. The van der Waals surface area contributed by atoms with Crippen LogP contribution in [0.5, 0.6) is 0 Å². The highest BCUT2D eigenvalue weighted by Crippen LogP contribution is 2.15. The lowest BCUT2D eigenvalue weighted by Crippen LogP contribution is -1.90. The molecule has 0 unspecified atom stereocenters. The minimum absolute atomic E-state index is 0.00543. The van der Waals surface area contributed by atoms with E-state index in [1.54, 1.807) is 0 Å². The van der Waals surface area contributed by atoms with Gasteiger partial charge in [-0.05, 0) is 30.2 Å². The smallest absolute Gasteiger partial charge is 0.0853 e. The lowest BCUT2D eigenvalue weighted by Gasteiger charge is -2.02. The summed E-state index contributed by atoms with van der Waals surface area (Å²) in [4.78, 5) is 4.32. The van der Waals surface area contributed by atoms with Crippen molar-refractivity contribution < 1.29 is 5.11 Å². The molecule has 0 aliphatic heterocycles. The lowest BCUT2D eigenvalue weighted by atomic mass is 10.1. The molecule has 2 nitrogen and oxygen atoms in total. The Morgan fingerprint density at radius 1 is 1.21 bits per heavy atom. The number of hydrogen-bond acceptors (Lipinski definition) is 2. The van der Waals surface area contributed by atoms with Crippen LogP contribution >= 0.6 is 0 Å². The predicted molar refractivity (Wildman–Crippen MR) is 57.0 cm³/mol. The van der Waals surface area contributed by atoms with E-state index in [2.05, 4.69) is 24.0 Å². The maximum absolute atomic E-state index is 8.94. The molecular weight excluding hydrogens is 174 g/mol. The maximum Gasteiger partial charge on any atom is 0.0853 e. The number of benzene rings is 1. The van der Waals surface area contributed by atoms with Gasteiger partial charge in [-0.2, -0.15) is 0 Å². The number of aromatic nitrogens is 1. The van der Waals surface area contributed by atoms with Crippen LogP contribution in [-0.4, -0.2) is 10.1 Å². The topological polar surface area (TPSA) is 33.1 Å². The minimum atomic E-state index is 0.00543. The Hall–Kier alpha value is -1.41. The average Bonchev–Trinajstić information content (AvgIpc) is 2.27. The van der Waals surface area contributed by atoms with Crippen molar-refractivity contribution in [2.75, 3.05) is 0 Å². The quantitative estimate of drug-likeness (QED) is 0.782. The van der Waals surface area contributed by atoms with Gasteiger partial charge in [0.15, 0.2) is 0 Å². The van der Waals surface area contributed by atoms with Crippen molar-refractivity contribution >= 4 is 10.9 Å². The van der Waals surface area contributed by atoms with Crippen LogP contribution in [0.25, 0.3) is 10.9 Å². The molecule has 0 atom stereocenters. The summed E-state index contributed by atoms with van der Waals surface area (Å²) in [6, 6.07) is 10.1. The highest BCUT2D eigenvalue weighted by molar-refractivity contribution is 5.79. The average molecular weight is 187 g/mol. The first-order valence-corrected chi connectivity index (χ1v) is 4.83. The fourth-order valence-electron chi connectivity index (χ4n) is 1.53. The van der Waals surface area contributed by atoms with E-state index >= 15 is 0 Å². The van der Waals surface area contributed by atoms with E-state index in [0.29, 0.717) is 0 Å². The molecule has 1 aromatic heterocycles. The van der Waals surface area contributed by atoms with E-state index in [1.807, 2.05) is 18.2 Å². The summed E-state index contributed by atoms with van der Waals surface area (Å²) in [7, 11) is 0. The molecule has 14 heavy (non-hydrogen) atoms. The van der Waals surface area contributed by atoms with Crippen LogP contribution in [0.3, 0.4) is 0 Å². The Bertz CT molecular complexity index is 408. The molecular formula is C12H13NO. The van der Waals surface area contributed by atoms with Gasteiger partial charge in [-0.15, -0.1) is 0 Å². The molecule has 0 fully saturated rings. The minimum Gasteiger partial charge on any atom is -0.390 e. The number of nitrogens with zero attached hydrogens (tertiary/aromatic N) is 1. The van der Waals surface area contributed by atoms with Gasteiger partial charge in [0.1, 0.15) is 0 Å². The fraction of sp³-hybridized carbons (Fsp3) is 0.250. The molecule has 0 spiro atoms. The van der Waals surface area contributed by atoms with Gasteiger partial charge in [-0.1, -0.05) is 19.1 Å². The largest absolute Gasteiger partial charge is 0.390 e. The molecule has 2 heteroatoms. The van der Waals surface area contributed by atoms with Gasteiger partial charge in [0.05, 0.1) is 17.8 Å². The van der Waals surface area contributed by atoms with Crippen LogP contribution in [-0.2, 0) is 13.0 Å². The zero-order valence-electron chi connectivity index (χ0n) is 8.20. The second kappa shape index (κ2) is 3.76. The number of fused-ring (bicyclic) bond motifs is 1. The first-order valence-electron chi connectivity index (χ1n) is 4.83. The summed E-state index contributed by atoms with van der Waals surface area (Å²) in [5.74, 6) is 0. The van der Waals surface area contributed by atoms with Gasteiger partial charge >= 0.3 is 0 Å². The molecule has 2 aromatic rings. The summed E-state index contributed by atoms with van der Waals surface area (Å²) in [5, 5.41) is 10.1. The summed E-state index contributed by atoms with van der Waals surface area (Å²) in [5.41, 5.74) is 2.99. The Kier molecular flexibility index (Phi) is 2.46. The number of aryl methyl sites for hydroxylation is 1. The van der Waals surface area contributed by atoms with Crippen LogP contribution in [0.15, 0.2) is 30.3 Å². The molecule has 1 aromatic carbocycles. The van der Waals surface area contributed by atoms with E-state index in [9.17, 15) is 0 Å². The number of aliphatic hydroxyl groups is 1. The normalized spacial score (nSPS) is 10.7. The summed E-state index contributed by atoms with van der Waals surface area (Å²) >= 11 is 0. The molecule has 2 rings (SSSR count). The van der Waals surface area contributed by atoms with E-state index in [4.69, 9.17) is 5.11 Å². The molecule has 0 bridgehead atoms. The molecule has 0 aliphatic rings. The SMILES string of the molecule is CCc1ccc2nc(CO)ccc2c1. The second-order valence-corrected chi connectivity index (χ2v) is 3.34. The van der Waals surface area contributed by atoms with E-state index in [1.165, 1.54) is 5.56 Å². The van der Waals surface area contributed by atoms with Crippen molar-refractivity contribution in [3.8, 4) is 0 Å². The number of hydrogen-bond donors (Lipinski definition) is 1. The van der Waals surface area contributed by atoms with Gasteiger partial charge in [0.25, 0.3) is 0 Å². The van der Waals surface area contributed by atoms with Crippen LogP contribution in [0.2, 0.25) is 0 Å². The van der Waals surface area contributed by atoms with Gasteiger partial charge in [0.2, 0.25) is 0 Å². The van der Waals surface area contributed by atoms with Crippen LogP contribution in [0.4, 0.5) is 0 Å². The third-order valence-corrected chi connectivity index (χ3v) is 2.38. The van der Waals surface area contributed by atoms with Crippen LogP contribution in [0.1, 0.15) is 18.2 Å². The molecule has 1 heterocycles. The first-order chi connectivity index (χ1) is 6.83. The Morgan fingerprint density at radius 3 is 2.79 bits per heavy atom. The number of pyridine rings is 1. The Balaban J connectivity index is 2.57. The van der Waals surface area contributed by atoms with Gasteiger partial charge in [0, 0.05) is 5.39 Å². The monoisotopic (exact) mass is 187 g/mol. The third-order valence-electron chi connectivity index (χ3n) is 2.38. The molecule has 0 radical (unpaired) electrons. The fourth-order valence-corrected chi connectivity index (χ4v) is 1.53. The van der Waals surface area contributed by atoms with Crippen molar-refractivity contribution in [2.24, 2.45) is 0 Å². The standard InChI is InChI=1S/C12H13NO/c1-2-9-3-6-12-10(7-9)4-5-11(8-14)13-12/h3-7,14H,2,8H2,1H3. The van der Waals surface area contributed by atoms with Crippen LogP contribution in [0, 0.1) is 0 Å². The summed E-state index contributed by atoms with van der Waals surface area (Å²) < 4.78 is 0. The van der Waals surface area contributed by atoms with Gasteiger partial charge < -0.3 is 5.11 Å². The molecule has 0 saturated heterocycles. The van der Waals surface area contributed by atoms with Crippen molar-refractivity contribution in [1.82, 2.24) is 4.98 Å². The maximum atomic E-state index is 8.94. The van der Waals surface area contributed by atoms with Crippen molar-refractivity contribution in [1.29, 1.82) is 0 Å². The molecule has 0 aliphatic carbocycles. The first kappa shape index (κ1) is 9.16. The van der Waals surface area contributed by atoms with E-state index in [-0.39, 0.29) is 6.61 Å². The zero-order chi connectivity index (χ0) is 9.97. The summed E-state index contributed by atoms with van der Waals surface area (Å²) in [6.45, 7) is 2.14. The van der Waals surface area contributed by atoms with Gasteiger partial charge in [-0.3, -0.25) is 4.98 Å². The number of aliphatic hydroxyl groups excluding tert-OH is 1. The van der Waals surface area contributed by atoms with E-state index < -0.39 is 0 Å². The summed E-state index contributed by atoms with van der Waals surface area (Å²) in [6.07, 6.45) is 1.04. The Morgan fingerprint density at radius 2 is 2.07 bits per heavy atom. The molecule has 1 N–H and O–H groups in total. The highest BCUT2D eigenvalue weighted by Gasteiger charge is 1.98. The zero-order valence-corrected chi connectivity index (χ0v) is 8.20. The van der Waals surface area contributed by atoms with Crippen LogP contribution < -0.4 is 0 Å².